The van der Waals surface area contributed by atoms with E-state index in [1.54, 1.807) is 0 Å². The Morgan fingerprint density at radius 1 is 1.04 bits per heavy atom. The van der Waals surface area contributed by atoms with E-state index in [1.807, 2.05) is 42.5 Å². The van der Waals surface area contributed by atoms with Crippen LogP contribution in [0.5, 0.6) is 0 Å². The zero-order valence-electron chi connectivity index (χ0n) is 14.5. The summed E-state index contributed by atoms with van der Waals surface area (Å²) in [7, 11) is 0. The molecule has 4 N–H and O–H groups in total. The van der Waals surface area contributed by atoms with Crippen molar-refractivity contribution < 1.29 is 9.53 Å². The summed E-state index contributed by atoms with van der Waals surface area (Å²) in [4.78, 5) is 12.4. The van der Waals surface area contributed by atoms with Gasteiger partial charge in [0.15, 0.2) is 0 Å². The maximum Gasteiger partial charge on any atom is 0.244 e. The standard InChI is InChI=1S/C20H25N3O2/c1-15(16-5-3-2-4-6-16)22-17-7-9-18(10-8-17)23-19(24)20(21)11-13-25-14-12-20/h2-10,15,22H,11-14,21H2,1H3,(H,23,24). The van der Waals surface area contributed by atoms with Gasteiger partial charge < -0.3 is 21.1 Å². The highest BCUT2D eigenvalue weighted by Gasteiger charge is 2.35. The minimum Gasteiger partial charge on any atom is -0.381 e. The fraction of sp³-hybridized carbons (Fsp3) is 0.350. The molecule has 0 spiro atoms. The van der Waals surface area contributed by atoms with Crippen molar-refractivity contribution in [3.63, 3.8) is 0 Å². The number of carbonyl (C=O) groups is 1. The summed E-state index contributed by atoms with van der Waals surface area (Å²) in [6.07, 6.45) is 1.10. The third-order valence-corrected chi connectivity index (χ3v) is 4.66. The Labute approximate surface area is 148 Å². The van der Waals surface area contributed by atoms with Crippen LogP contribution in [0.25, 0.3) is 0 Å². The number of benzene rings is 2. The highest BCUT2D eigenvalue weighted by Crippen LogP contribution is 2.23. The van der Waals surface area contributed by atoms with Gasteiger partial charge in [0.2, 0.25) is 5.91 Å². The molecular formula is C20H25N3O2. The summed E-state index contributed by atoms with van der Waals surface area (Å²) in [5, 5.41) is 6.37. The first-order chi connectivity index (χ1) is 12.1. The van der Waals surface area contributed by atoms with Gasteiger partial charge in [0.1, 0.15) is 5.54 Å². The van der Waals surface area contributed by atoms with Gasteiger partial charge in [-0.25, -0.2) is 0 Å². The molecule has 0 aliphatic carbocycles. The van der Waals surface area contributed by atoms with Crippen LogP contribution in [0.15, 0.2) is 54.6 Å². The van der Waals surface area contributed by atoms with Gasteiger partial charge in [-0.05, 0) is 49.6 Å². The van der Waals surface area contributed by atoms with Crippen LogP contribution >= 0.6 is 0 Å². The van der Waals surface area contributed by atoms with Gasteiger partial charge in [0.05, 0.1) is 0 Å². The van der Waals surface area contributed by atoms with Crippen molar-refractivity contribution in [2.45, 2.75) is 31.3 Å². The topological polar surface area (TPSA) is 76.4 Å². The van der Waals surface area contributed by atoms with Gasteiger partial charge in [-0.15, -0.1) is 0 Å². The molecule has 2 aromatic carbocycles. The first-order valence-electron chi connectivity index (χ1n) is 8.66. The number of nitrogens with two attached hydrogens (primary N) is 1. The van der Waals surface area contributed by atoms with Crippen LogP contribution in [-0.2, 0) is 9.53 Å². The fourth-order valence-electron chi connectivity index (χ4n) is 2.94. The van der Waals surface area contributed by atoms with Crippen molar-refractivity contribution in [1.29, 1.82) is 0 Å². The lowest BCUT2D eigenvalue weighted by molar-refractivity contribution is -0.124. The van der Waals surface area contributed by atoms with Gasteiger partial charge in [-0.1, -0.05) is 30.3 Å². The Morgan fingerprint density at radius 2 is 1.64 bits per heavy atom. The lowest BCUT2D eigenvalue weighted by Crippen LogP contribution is -2.54. The molecule has 1 saturated heterocycles. The fourth-order valence-corrected chi connectivity index (χ4v) is 2.94. The van der Waals surface area contributed by atoms with Crippen LogP contribution in [0.4, 0.5) is 11.4 Å². The van der Waals surface area contributed by atoms with Crippen molar-refractivity contribution in [3.8, 4) is 0 Å². The minimum absolute atomic E-state index is 0.144. The predicted molar refractivity (Wildman–Crippen MR) is 101 cm³/mol. The Morgan fingerprint density at radius 3 is 2.28 bits per heavy atom. The summed E-state index contributed by atoms with van der Waals surface area (Å²) < 4.78 is 5.29. The number of carbonyl (C=O) groups excluding carboxylic acids is 1. The molecule has 0 aromatic heterocycles. The molecular weight excluding hydrogens is 314 g/mol. The van der Waals surface area contributed by atoms with E-state index in [9.17, 15) is 4.79 Å². The first kappa shape index (κ1) is 17.5. The Hall–Kier alpha value is -2.37. The second-order valence-corrected chi connectivity index (χ2v) is 6.58. The molecule has 2 aromatic rings. The number of amides is 1. The normalized spacial score (nSPS) is 17.5. The molecule has 1 atom stereocenters. The van der Waals surface area contributed by atoms with E-state index < -0.39 is 5.54 Å². The maximum absolute atomic E-state index is 12.4. The molecule has 0 radical (unpaired) electrons. The average molecular weight is 339 g/mol. The Balaban J connectivity index is 1.59. The van der Waals surface area contributed by atoms with Gasteiger partial charge >= 0.3 is 0 Å². The monoisotopic (exact) mass is 339 g/mol. The lowest BCUT2D eigenvalue weighted by atomic mass is 9.90. The third-order valence-electron chi connectivity index (χ3n) is 4.66. The zero-order valence-corrected chi connectivity index (χ0v) is 14.5. The molecule has 1 heterocycles. The summed E-state index contributed by atoms with van der Waals surface area (Å²) in [5.74, 6) is -0.144. The summed E-state index contributed by atoms with van der Waals surface area (Å²) in [6, 6.07) is 18.2. The van der Waals surface area contributed by atoms with E-state index in [0.717, 1.165) is 11.4 Å². The minimum atomic E-state index is -0.836. The van der Waals surface area contributed by atoms with E-state index in [0.29, 0.717) is 26.1 Å². The van der Waals surface area contributed by atoms with Crippen molar-refractivity contribution in [2.24, 2.45) is 5.73 Å². The highest BCUT2D eigenvalue weighted by atomic mass is 16.5. The molecule has 5 heteroatoms. The van der Waals surface area contributed by atoms with Crippen molar-refractivity contribution in [2.75, 3.05) is 23.8 Å². The van der Waals surface area contributed by atoms with E-state index in [1.165, 1.54) is 5.56 Å². The number of anilines is 2. The number of nitrogens with one attached hydrogen (secondary N) is 2. The number of hydrogen-bond donors (Lipinski definition) is 3. The lowest BCUT2D eigenvalue weighted by Gasteiger charge is -2.31. The summed E-state index contributed by atoms with van der Waals surface area (Å²) >= 11 is 0. The van der Waals surface area contributed by atoms with Crippen LogP contribution in [0.2, 0.25) is 0 Å². The second kappa shape index (κ2) is 7.68. The van der Waals surface area contributed by atoms with Crippen molar-refractivity contribution in [1.82, 2.24) is 0 Å². The average Bonchev–Trinajstić information content (AvgIpc) is 2.64. The molecule has 1 aliphatic heterocycles. The molecule has 0 bridgehead atoms. The predicted octanol–water partition coefficient (Wildman–Crippen LogP) is 3.31. The quantitative estimate of drug-likeness (QED) is 0.781. The second-order valence-electron chi connectivity index (χ2n) is 6.58. The van der Waals surface area contributed by atoms with Crippen LogP contribution in [0, 0.1) is 0 Å². The highest BCUT2D eigenvalue weighted by molar-refractivity contribution is 5.98. The summed E-state index contributed by atoms with van der Waals surface area (Å²) in [6.45, 7) is 3.18. The van der Waals surface area contributed by atoms with Crippen LogP contribution in [-0.4, -0.2) is 24.7 Å². The molecule has 132 valence electrons. The molecule has 1 unspecified atom stereocenters. The number of ether oxygens (including phenoxy) is 1. The molecule has 1 aliphatic rings. The van der Waals surface area contributed by atoms with Gasteiger partial charge in [-0.2, -0.15) is 0 Å². The molecule has 3 rings (SSSR count). The van der Waals surface area contributed by atoms with Crippen LogP contribution < -0.4 is 16.4 Å². The Bertz CT molecular complexity index is 695. The molecule has 5 nitrogen and oxygen atoms in total. The number of hydrogen-bond acceptors (Lipinski definition) is 4. The van der Waals surface area contributed by atoms with Crippen LogP contribution in [0.1, 0.15) is 31.4 Å². The van der Waals surface area contributed by atoms with E-state index in [4.69, 9.17) is 10.5 Å². The smallest absolute Gasteiger partial charge is 0.244 e. The first-order valence-corrected chi connectivity index (χ1v) is 8.66. The molecule has 0 saturated carbocycles. The summed E-state index contributed by atoms with van der Waals surface area (Å²) in [5.41, 5.74) is 8.35. The van der Waals surface area contributed by atoms with Gasteiger partial charge in [0.25, 0.3) is 0 Å². The van der Waals surface area contributed by atoms with E-state index >= 15 is 0 Å². The van der Waals surface area contributed by atoms with Crippen molar-refractivity contribution in [3.05, 3.63) is 60.2 Å². The largest absolute Gasteiger partial charge is 0.381 e. The van der Waals surface area contributed by atoms with Gasteiger partial charge in [-0.3, -0.25) is 4.79 Å². The SMILES string of the molecule is CC(Nc1ccc(NC(=O)C2(N)CCOCC2)cc1)c1ccccc1. The van der Waals surface area contributed by atoms with E-state index in [-0.39, 0.29) is 11.9 Å². The van der Waals surface area contributed by atoms with Crippen molar-refractivity contribution >= 4 is 17.3 Å². The third kappa shape index (κ3) is 4.38. The van der Waals surface area contributed by atoms with Crippen LogP contribution in [0.3, 0.4) is 0 Å². The molecule has 1 fully saturated rings. The Kier molecular flexibility index (Phi) is 5.36. The zero-order chi connectivity index (χ0) is 17.7. The van der Waals surface area contributed by atoms with E-state index in [2.05, 4.69) is 29.7 Å². The molecule has 1 amide bonds. The molecule has 25 heavy (non-hydrogen) atoms. The van der Waals surface area contributed by atoms with Gasteiger partial charge in [0, 0.05) is 30.6 Å². The number of rotatable bonds is 5. The maximum atomic E-state index is 12.4.